The molecule has 0 bridgehead atoms. The summed E-state index contributed by atoms with van der Waals surface area (Å²) >= 11 is 0. The van der Waals surface area contributed by atoms with E-state index in [-0.39, 0.29) is 6.04 Å². The Hall–Kier alpha value is -2.04. The maximum atomic E-state index is 5.58. The van der Waals surface area contributed by atoms with E-state index in [9.17, 15) is 0 Å². The first-order valence-corrected chi connectivity index (χ1v) is 8.18. The van der Waals surface area contributed by atoms with Crippen LogP contribution in [0.5, 0.6) is 11.5 Å². The first-order chi connectivity index (χ1) is 11.3. The minimum Gasteiger partial charge on any atom is -0.454 e. The molecule has 1 fully saturated rings. The average molecular weight is 310 g/mol. The summed E-state index contributed by atoms with van der Waals surface area (Å²) in [6.45, 7) is 4.68. The summed E-state index contributed by atoms with van der Waals surface area (Å²) in [5, 5.41) is 0. The zero-order valence-electron chi connectivity index (χ0n) is 13.4. The molecule has 2 aliphatic heterocycles. The number of piperazine rings is 1. The van der Waals surface area contributed by atoms with Crippen molar-refractivity contribution in [3.8, 4) is 11.5 Å². The molecular weight excluding hydrogens is 288 g/mol. The highest BCUT2D eigenvalue weighted by molar-refractivity contribution is 5.47. The van der Waals surface area contributed by atoms with E-state index in [2.05, 4.69) is 59.3 Å². The Balaban J connectivity index is 1.70. The number of hydrogen-bond donors (Lipinski definition) is 0. The lowest BCUT2D eigenvalue weighted by molar-refractivity contribution is 0.127. The van der Waals surface area contributed by atoms with Crippen molar-refractivity contribution in [1.82, 2.24) is 9.80 Å². The summed E-state index contributed by atoms with van der Waals surface area (Å²) in [6, 6.07) is 17.3. The molecule has 0 aliphatic carbocycles. The van der Waals surface area contributed by atoms with Crippen LogP contribution in [0.25, 0.3) is 0 Å². The molecule has 4 nitrogen and oxygen atoms in total. The number of benzene rings is 2. The van der Waals surface area contributed by atoms with Crippen LogP contribution in [0, 0.1) is 0 Å². The Morgan fingerprint density at radius 2 is 1.57 bits per heavy atom. The van der Waals surface area contributed by atoms with Crippen molar-refractivity contribution in [1.29, 1.82) is 0 Å². The van der Waals surface area contributed by atoms with Crippen molar-refractivity contribution in [3.63, 3.8) is 0 Å². The van der Waals surface area contributed by atoms with Crippen molar-refractivity contribution in [2.45, 2.75) is 6.04 Å². The normalized spacial score (nSPS) is 19.7. The van der Waals surface area contributed by atoms with Gasteiger partial charge in [-0.25, -0.2) is 0 Å². The molecule has 0 spiro atoms. The van der Waals surface area contributed by atoms with Crippen molar-refractivity contribution in [2.75, 3.05) is 40.0 Å². The number of nitrogens with zero attached hydrogens (tertiary/aromatic N) is 2. The lowest BCUT2D eigenvalue weighted by atomic mass is 9.96. The molecule has 0 N–H and O–H groups in total. The maximum absolute atomic E-state index is 5.58. The number of hydrogen-bond acceptors (Lipinski definition) is 4. The zero-order chi connectivity index (χ0) is 15.6. The van der Waals surface area contributed by atoms with Gasteiger partial charge >= 0.3 is 0 Å². The highest BCUT2D eigenvalue weighted by Gasteiger charge is 2.26. The van der Waals surface area contributed by atoms with Gasteiger partial charge in [0.15, 0.2) is 11.5 Å². The fourth-order valence-corrected chi connectivity index (χ4v) is 3.41. The predicted molar refractivity (Wildman–Crippen MR) is 89.9 cm³/mol. The Morgan fingerprint density at radius 1 is 0.826 bits per heavy atom. The van der Waals surface area contributed by atoms with Crippen LogP contribution in [0.2, 0.25) is 0 Å². The Morgan fingerprint density at radius 3 is 2.35 bits per heavy atom. The SMILES string of the molecule is CN1CCN(C(c2ccccc2)c2ccc3c(c2)OCO3)CC1. The van der Waals surface area contributed by atoms with Gasteiger partial charge in [0.05, 0.1) is 6.04 Å². The van der Waals surface area contributed by atoms with Crippen LogP contribution in [0.1, 0.15) is 17.2 Å². The summed E-state index contributed by atoms with van der Waals surface area (Å²) in [7, 11) is 2.19. The monoisotopic (exact) mass is 310 g/mol. The fourth-order valence-electron chi connectivity index (χ4n) is 3.41. The van der Waals surface area contributed by atoms with Gasteiger partial charge in [0.1, 0.15) is 0 Å². The number of fused-ring (bicyclic) bond motifs is 1. The molecule has 2 aliphatic rings. The average Bonchev–Trinajstić information content (AvgIpc) is 3.06. The molecule has 120 valence electrons. The van der Waals surface area contributed by atoms with E-state index >= 15 is 0 Å². The van der Waals surface area contributed by atoms with Crippen molar-refractivity contribution in [3.05, 3.63) is 59.7 Å². The molecule has 0 saturated carbocycles. The van der Waals surface area contributed by atoms with Gasteiger partial charge in [-0.1, -0.05) is 36.4 Å². The summed E-state index contributed by atoms with van der Waals surface area (Å²) in [5.74, 6) is 1.71. The van der Waals surface area contributed by atoms with Gasteiger partial charge in [0.2, 0.25) is 6.79 Å². The minimum atomic E-state index is 0.263. The molecule has 1 saturated heterocycles. The highest BCUT2D eigenvalue weighted by Crippen LogP contribution is 2.37. The lowest BCUT2D eigenvalue weighted by Crippen LogP contribution is -2.46. The molecule has 2 aromatic carbocycles. The van der Waals surface area contributed by atoms with E-state index in [0.29, 0.717) is 6.79 Å². The first kappa shape index (κ1) is 14.5. The third-order valence-corrected chi connectivity index (χ3v) is 4.73. The van der Waals surface area contributed by atoms with Crippen LogP contribution in [0.3, 0.4) is 0 Å². The van der Waals surface area contributed by atoms with E-state index in [1.807, 2.05) is 6.07 Å². The summed E-state index contributed by atoms with van der Waals surface area (Å²) in [4.78, 5) is 4.95. The molecule has 0 amide bonds. The van der Waals surface area contributed by atoms with Gasteiger partial charge in [-0.05, 0) is 30.3 Å². The molecular formula is C19H22N2O2. The smallest absolute Gasteiger partial charge is 0.231 e. The van der Waals surface area contributed by atoms with Gasteiger partial charge in [0.25, 0.3) is 0 Å². The highest BCUT2D eigenvalue weighted by atomic mass is 16.7. The summed E-state index contributed by atoms with van der Waals surface area (Å²) < 4.78 is 11.0. The van der Waals surface area contributed by atoms with E-state index < -0.39 is 0 Å². The number of rotatable bonds is 3. The van der Waals surface area contributed by atoms with E-state index in [1.165, 1.54) is 11.1 Å². The minimum absolute atomic E-state index is 0.263. The molecule has 2 aromatic rings. The van der Waals surface area contributed by atoms with Crippen molar-refractivity contribution in [2.24, 2.45) is 0 Å². The van der Waals surface area contributed by atoms with Gasteiger partial charge in [-0.15, -0.1) is 0 Å². The molecule has 0 aromatic heterocycles. The topological polar surface area (TPSA) is 24.9 Å². The Labute approximate surface area is 137 Å². The maximum Gasteiger partial charge on any atom is 0.231 e. The van der Waals surface area contributed by atoms with Crippen LogP contribution < -0.4 is 9.47 Å². The summed E-state index contributed by atoms with van der Waals surface area (Å²) in [5.41, 5.74) is 2.60. The molecule has 1 atom stereocenters. The largest absolute Gasteiger partial charge is 0.454 e. The molecule has 4 rings (SSSR count). The third-order valence-electron chi connectivity index (χ3n) is 4.73. The molecule has 23 heavy (non-hydrogen) atoms. The van der Waals surface area contributed by atoms with E-state index in [4.69, 9.17) is 9.47 Å². The predicted octanol–water partition coefficient (Wildman–Crippen LogP) is 2.75. The van der Waals surface area contributed by atoms with Gasteiger partial charge in [0, 0.05) is 26.2 Å². The van der Waals surface area contributed by atoms with E-state index in [0.717, 1.165) is 37.7 Å². The second-order valence-electron chi connectivity index (χ2n) is 6.27. The number of likely N-dealkylation sites (N-methyl/N-ethyl adjacent to an activating group) is 1. The second-order valence-corrected chi connectivity index (χ2v) is 6.27. The quantitative estimate of drug-likeness (QED) is 0.870. The van der Waals surface area contributed by atoms with Gasteiger partial charge in [-0.3, -0.25) is 4.90 Å². The molecule has 4 heteroatoms. The Bertz CT molecular complexity index is 666. The first-order valence-electron chi connectivity index (χ1n) is 8.18. The standard InChI is InChI=1S/C19H22N2O2/c1-20-9-11-21(12-10-20)19(15-5-3-2-4-6-15)16-7-8-17-18(13-16)23-14-22-17/h2-8,13,19H,9-12,14H2,1H3. The zero-order valence-corrected chi connectivity index (χ0v) is 13.4. The van der Waals surface area contributed by atoms with Crippen LogP contribution in [-0.2, 0) is 0 Å². The van der Waals surface area contributed by atoms with Crippen LogP contribution in [0.4, 0.5) is 0 Å². The fraction of sp³-hybridized carbons (Fsp3) is 0.368. The molecule has 0 radical (unpaired) electrons. The van der Waals surface area contributed by atoms with Crippen molar-refractivity contribution >= 4 is 0 Å². The molecule has 1 unspecified atom stereocenters. The Kier molecular flexibility index (Phi) is 3.93. The third kappa shape index (κ3) is 2.92. The summed E-state index contributed by atoms with van der Waals surface area (Å²) in [6.07, 6.45) is 0. The van der Waals surface area contributed by atoms with Crippen LogP contribution in [-0.4, -0.2) is 49.8 Å². The van der Waals surface area contributed by atoms with Gasteiger partial charge < -0.3 is 14.4 Å². The van der Waals surface area contributed by atoms with Crippen LogP contribution in [0.15, 0.2) is 48.5 Å². The number of ether oxygens (including phenoxy) is 2. The van der Waals surface area contributed by atoms with E-state index in [1.54, 1.807) is 0 Å². The second kappa shape index (κ2) is 6.22. The molecule has 2 heterocycles. The van der Waals surface area contributed by atoms with Crippen LogP contribution >= 0.6 is 0 Å². The lowest BCUT2D eigenvalue weighted by Gasteiger charge is -2.38. The van der Waals surface area contributed by atoms with Crippen molar-refractivity contribution < 1.29 is 9.47 Å². The van der Waals surface area contributed by atoms with Gasteiger partial charge in [-0.2, -0.15) is 0 Å².